The van der Waals surface area contributed by atoms with Crippen molar-refractivity contribution in [3.8, 4) is 16.9 Å². The van der Waals surface area contributed by atoms with E-state index in [-0.39, 0.29) is 17.2 Å². The summed E-state index contributed by atoms with van der Waals surface area (Å²) in [5.41, 5.74) is 2.51. The van der Waals surface area contributed by atoms with Crippen LogP contribution in [0.5, 0.6) is 0 Å². The second-order valence-corrected chi connectivity index (χ2v) is 7.47. The maximum Gasteiger partial charge on any atom is 0.271 e. The molecule has 0 fully saturated rings. The Kier molecular flexibility index (Phi) is 6.05. The molecule has 0 atom stereocenters. The molecule has 8 heteroatoms. The van der Waals surface area contributed by atoms with Gasteiger partial charge in [-0.05, 0) is 36.8 Å². The summed E-state index contributed by atoms with van der Waals surface area (Å²) in [6, 6.07) is 15.7. The molecule has 0 spiro atoms. The normalized spacial score (nSPS) is 10.7. The molecule has 1 N–H and O–H groups in total. The topological polar surface area (TPSA) is 89.8 Å². The van der Waals surface area contributed by atoms with Crippen molar-refractivity contribution in [2.24, 2.45) is 0 Å². The maximum absolute atomic E-state index is 12.4. The van der Waals surface area contributed by atoms with Crippen LogP contribution in [0.4, 0.5) is 0 Å². The van der Waals surface area contributed by atoms with Gasteiger partial charge in [0.15, 0.2) is 0 Å². The summed E-state index contributed by atoms with van der Waals surface area (Å²) >= 11 is 1.61. The fourth-order valence-corrected chi connectivity index (χ4v) is 3.75. The van der Waals surface area contributed by atoms with Crippen LogP contribution in [0.25, 0.3) is 16.9 Å². The number of aryl methyl sites for hydroxylation is 1. The van der Waals surface area contributed by atoms with E-state index in [1.54, 1.807) is 35.9 Å². The number of pyridine rings is 1. The summed E-state index contributed by atoms with van der Waals surface area (Å²) in [7, 11) is 0. The summed E-state index contributed by atoms with van der Waals surface area (Å²) in [6.45, 7) is 0.495. The zero-order valence-corrected chi connectivity index (χ0v) is 16.9. The average molecular weight is 417 g/mol. The highest BCUT2D eigenvalue weighted by atomic mass is 32.1. The van der Waals surface area contributed by atoms with Crippen LogP contribution in [-0.4, -0.2) is 32.2 Å². The molecule has 0 aliphatic rings. The van der Waals surface area contributed by atoms with Gasteiger partial charge in [0.2, 0.25) is 0 Å². The van der Waals surface area contributed by atoms with E-state index in [0.717, 1.165) is 29.1 Å². The van der Waals surface area contributed by atoms with Crippen molar-refractivity contribution in [3.05, 3.63) is 93.4 Å². The first-order chi connectivity index (χ1) is 14.7. The van der Waals surface area contributed by atoms with Gasteiger partial charge >= 0.3 is 0 Å². The van der Waals surface area contributed by atoms with E-state index in [4.69, 9.17) is 0 Å². The van der Waals surface area contributed by atoms with E-state index >= 15 is 0 Å². The standard InChI is InChI=1S/C22H19N5O2S/c28-21-9-8-18(26-27(21)17-5-2-1-3-6-17)22(29)24-12-4-7-20-25-19(15-30-20)16-10-13-23-14-11-16/h1-3,5-6,8-11,13-15H,4,7,12H2,(H,24,29). The molecule has 0 aliphatic carbocycles. The van der Waals surface area contributed by atoms with Gasteiger partial charge in [-0.3, -0.25) is 14.6 Å². The van der Waals surface area contributed by atoms with E-state index in [0.29, 0.717) is 12.2 Å². The van der Waals surface area contributed by atoms with Crippen molar-refractivity contribution in [2.45, 2.75) is 12.8 Å². The first-order valence-electron chi connectivity index (χ1n) is 9.49. The molecule has 4 aromatic rings. The second kappa shape index (κ2) is 9.23. The number of rotatable bonds is 7. The largest absolute Gasteiger partial charge is 0.351 e. The highest BCUT2D eigenvalue weighted by Gasteiger charge is 2.10. The third-order valence-electron chi connectivity index (χ3n) is 4.41. The number of thiazole rings is 1. The van der Waals surface area contributed by atoms with E-state index < -0.39 is 0 Å². The molecule has 0 saturated heterocycles. The fourth-order valence-electron chi connectivity index (χ4n) is 2.90. The summed E-state index contributed by atoms with van der Waals surface area (Å²) in [5.74, 6) is -0.309. The molecule has 7 nitrogen and oxygen atoms in total. The van der Waals surface area contributed by atoms with Crippen molar-refractivity contribution in [2.75, 3.05) is 6.54 Å². The van der Waals surface area contributed by atoms with E-state index in [1.807, 2.05) is 35.7 Å². The lowest BCUT2D eigenvalue weighted by atomic mass is 10.2. The van der Waals surface area contributed by atoms with Gasteiger partial charge in [0.25, 0.3) is 11.5 Å². The van der Waals surface area contributed by atoms with Crippen molar-refractivity contribution in [1.29, 1.82) is 0 Å². The Morgan fingerprint density at radius 1 is 1.03 bits per heavy atom. The van der Waals surface area contributed by atoms with Gasteiger partial charge in [0.1, 0.15) is 5.69 Å². The molecule has 0 unspecified atom stereocenters. The number of amides is 1. The van der Waals surface area contributed by atoms with Crippen LogP contribution in [0, 0.1) is 0 Å². The molecule has 3 aromatic heterocycles. The number of aromatic nitrogens is 4. The van der Waals surface area contributed by atoms with Gasteiger partial charge in [-0.1, -0.05) is 18.2 Å². The molecule has 1 aromatic carbocycles. The van der Waals surface area contributed by atoms with Crippen LogP contribution in [-0.2, 0) is 6.42 Å². The van der Waals surface area contributed by atoms with E-state index in [2.05, 4.69) is 20.4 Å². The zero-order chi connectivity index (χ0) is 20.8. The summed E-state index contributed by atoms with van der Waals surface area (Å²) in [5, 5.41) is 10.1. The number of hydrogen-bond acceptors (Lipinski definition) is 6. The van der Waals surface area contributed by atoms with Gasteiger partial charge in [0.05, 0.1) is 16.4 Å². The average Bonchev–Trinajstić information content (AvgIpc) is 3.27. The van der Waals surface area contributed by atoms with Gasteiger partial charge in [0, 0.05) is 42.4 Å². The van der Waals surface area contributed by atoms with Crippen LogP contribution < -0.4 is 10.9 Å². The Morgan fingerprint density at radius 3 is 2.63 bits per heavy atom. The molecule has 4 rings (SSSR count). The van der Waals surface area contributed by atoms with Crippen LogP contribution in [0.1, 0.15) is 21.9 Å². The Balaban J connectivity index is 1.32. The Hall–Kier alpha value is -3.65. The summed E-state index contributed by atoms with van der Waals surface area (Å²) < 4.78 is 1.23. The lowest BCUT2D eigenvalue weighted by Gasteiger charge is -2.07. The van der Waals surface area contributed by atoms with Crippen LogP contribution in [0.15, 0.2) is 77.2 Å². The van der Waals surface area contributed by atoms with Gasteiger partial charge < -0.3 is 5.32 Å². The van der Waals surface area contributed by atoms with Crippen LogP contribution in [0.2, 0.25) is 0 Å². The van der Waals surface area contributed by atoms with Gasteiger partial charge in [-0.2, -0.15) is 9.78 Å². The SMILES string of the molecule is O=C(NCCCc1nc(-c2ccncc2)cs1)c1ccc(=O)n(-c2ccccc2)n1. The Morgan fingerprint density at radius 2 is 1.83 bits per heavy atom. The molecule has 3 heterocycles. The molecular weight excluding hydrogens is 398 g/mol. The molecule has 0 saturated carbocycles. The molecule has 1 amide bonds. The highest BCUT2D eigenvalue weighted by Crippen LogP contribution is 2.21. The monoisotopic (exact) mass is 417 g/mol. The second-order valence-electron chi connectivity index (χ2n) is 6.53. The quantitative estimate of drug-likeness (QED) is 0.467. The number of nitrogens with one attached hydrogen (secondary N) is 1. The molecule has 0 radical (unpaired) electrons. The molecule has 0 aliphatic heterocycles. The van der Waals surface area contributed by atoms with Gasteiger partial charge in [-0.15, -0.1) is 11.3 Å². The first kappa shape index (κ1) is 19.7. The molecule has 0 bridgehead atoms. The minimum atomic E-state index is -0.309. The highest BCUT2D eigenvalue weighted by molar-refractivity contribution is 7.09. The van der Waals surface area contributed by atoms with Crippen molar-refractivity contribution >= 4 is 17.2 Å². The smallest absolute Gasteiger partial charge is 0.271 e. The summed E-state index contributed by atoms with van der Waals surface area (Å²) in [6.07, 6.45) is 5.03. The van der Waals surface area contributed by atoms with Crippen molar-refractivity contribution < 1.29 is 4.79 Å². The van der Waals surface area contributed by atoms with Crippen LogP contribution in [0.3, 0.4) is 0 Å². The Labute approximate surface area is 177 Å². The molecule has 30 heavy (non-hydrogen) atoms. The molecular formula is C22H19N5O2S. The lowest BCUT2D eigenvalue weighted by molar-refractivity contribution is 0.0946. The minimum absolute atomic E-state index is 0.202. The number of carbonyl (C=O) groups is 1. The first-order valence-corrected chi connectivity index (χ1v) is 10.4. The van der Waals surface area contributed by atoms with E-state index in [9.17, 15) is 9.59 Å². The van der Waals surface area contributed by atoms with E-state index in [1.165, 1.54) is 16.8 Å². The number of carbonyl (C=O) groups excluding carboxylic acids is 1. The zero-order valence-electron chi connectivity index (χ0n) is 16.1. The third kappa shape index (κ3) is 4.66. The molecule has 150 valence electrons. The summed E-state index contributed by atoms with van der Waals surface area (Å²) in [4.78, 5) is 33.2. The minimum Gasteiger partial charge on any atom is -0.351 e. The lowest BCUT2D eigenvalue weighted by Crippen LogP contribution is -2.29. The van der Waals surface area contributed by atoms with Crippen LogP contribution >= 0.6 is 11.3 Å². The van der Waals surface area contributed by atoms with Gasteiger partial charge in [-0.25, -0.2) is 4.98 Å². The predicted molar refractivity (Wildman–Crippen MR) is 116 cm³/mol. The predicted octanol–water partition coefficient (Wildman–Crippen LogP) is 3.11. The van der Waals surface area contributed by atoms with Crippen molar-refractivity contribution in [1.82, 2.24) is 25.1 Å². The number of hydrogen-bond donors (Lipinski definition) is 1. The Bertz CT molecular complexity index is 1190. The number of nitrogens with zero attached hydrogens (tertiary/aromatic N) is 4. The van der Waals surface area contributed by atoms with Crippen molar-refractivity contribution in [3.63, 3.8) is 0 Å². The fraction of sp³-hybridized carbons (Fsp3) is 0.136. The number of benzene rings is 1. The number of para-hydroxylation sites is 1. The third-order valence-corrected chi connectivity index (χ3v) is 5.32. The maximum atomic E-state index is 12.4.